The van der Waals surface area contributed by atoms with Crippen LogP contribution in [0, 0.1) is 0 Å². The van der Waals surface area contributed by atoms with Crippen LogP contribution in [-0.4, -0.2) is 48.7 Å². The number of aromatic nitrogens is 7. The Morgan fingerprint density at radius 3 is 2.77 bits per heavy atom. The molecule has 0 amide bonds. The number of nitrogens with zero attached hydrogens (tertiary/aromatic N) is 8. The van der Waals surface area contributed by atoms with Gasteiger partial charge in [0.1, 0.15) is 18.0 Å². The Morgan fingerprint density at radius 1 is 1.07 bits per heavy atom. The molecule has 0 fully saturated rings. The van der Waals surface area contributed by atoms with Gasteiger partial charge < -0.3 is 9.64 Å². The number of pyridine rings is 1. The van der Waals surface area contributed by atoms with Gasteiger partial charge in [0.05, 0.1) is 12.6 Å². The molecule has 0 radical (unpaired) electrons. The predicted octanol–water partition coefficient (Wildman–Crippen LogP) is 3.56. The van der Waals surface area contributed by atoms with E-state index in [2.05, 4.69) is 25.1 Å². The monoisotopic (exact) mass is 418 g/mol. The number of hydrogen-bond donors (Lipinski definition) is 0. The molecule has 5 rings (SSSR count). The minimum Gasteiger partial charge on any atom is -0.481 e. The zero-order chi connectivity index (χ0) is 20.7. The lowest BCUT2D eigenvalue weighted by atomic mass is 10.2. The van der Waals surface area contributed by atoms with E-state index in [0.29, 0.717) is 34.1 Å². The maximum atomic E-state index is 6.22. The zero-order valence-electron chi connectivity index (χ0n) is 16.1. The van der Waals surface area contributed by atoms with Crippen LogP contribution in [-0.2, 0) is 0 Å². The van der Waals surface area contributed by atoms with Crippen LogP contribution in [0.25, 0.3) is 28.1 Å². The standard InChI is InChI=1S/C20H15ClN8O/c1-28(16-7-8-22-18(25-16)12-3-6-17(30-2)23-10-12)19-14-5-4-13(21)9-15(14)29-11-24-27-20(29)26-19/h3-11H,1-2H3. The van der Waals surface area contributed by atoms with Crippen molar-refractivity contribution in [1.29, 1.82) is 0 Å². The van der Waals surface area contributed by atoms with Crippen molar-refractivity contribution in [1.82, 2.24) is 34.5 Å². The largest absolute Gasteiger partial charge is 0.481 e. The van der Waals surface area contributed by atoms with E-state index in [9.17, 15) is 0 Å². The minimum absolute atomic E-state index is 0.472. The Labute approximate surface area is 176 Å². The number of halogens is 1. The fraction of sp³-hybridized carbons (Fsp3) is 0.100. The van der Waals surface area contributed by atoms with Crippen molar-refractivity contribution < 1.29 is 4.74 Å². The topological polar surface area (TPSA) is 94.2 Å². The summed E-state index contributed by atoms with van der Waals surface area (Å²) >= 11 is 6.22. The molecule has 0 unspecified atom stereocenters. The lowest BCUT2D eigenvalue weighted by molar-refractivity contribution is 0.398. The second-order valence-corrected chi connectivity index (χ2v) is 6.92. The van der Waals surface area contributed by atoms with Crippen molar-refractivity contribution in [2.45, 2.75) is 0 Å². The molecule has 10 heteroatoms. The second kappa shape index (κ2) is 7.20. The van der Waals surface area contributed by atoms with E-state index >= 15 is 0 Å². The predicted molar refractivity (Wildman–Crippen MR) is 113 cm³/mol. The highest BCUT2D eigenvalue weighted by molar-refractivity contribution is 6.31. The molecule has 1 aromatic carbocycles. The zero-order valence-corrected chi connectivity index (χ0v) is 16.8. The third kappa shape index (κ3) is 3.05. The van der Waals surface area contributed by atoms with Crippen LogP contribution in [0.1, 0.15) is 0 Å². The van der Waals surface area contributed by atoms with Gasteiger partial charge >= 0.3 is 0 Å². The first-order valence-corrected chi connectivity index (χ1v) is 9.38. The molecular formula is C20H15ClN8O. The first-order chi connectivity index (χ1) is 14.6. The van der Waals surface area contributed by atoms with Crippen molar-refractivity contribution >= 4 is 39.9 Å². The number of methoxy groups -OCH3 is 1. The van der Waals surface area contributed by atoms with Gasteiger partial charge in [0, 0.05) is 41.5 Å². The first-order valence-electron chi connectivity index (χ1n) is 9.00. The molecule has 4 aromatic heterocycles. The van der Waals surface area contributed by atoms with Gasteiger partial charge in [-0.15, -0.1) is 10.2 Å². The molecule has 148 valence electrons. The van der Waals surface area contributed by atoms with Crippen molar-refractivity contribution in [3.8, 4) is 17.3 Å². The molecule has 0 aliphatic carbocycles. The summed E-state index contributed by atoms with van der Waals surface area (Å²) in [5, 5.41) is 9.57. The molecule has 0 atom stereocenters. The summed E-state index contributed by atoms with van der Waals surface area (Å²) in [5.74, 6) is 2.90. The van der Waals surface area contributed by atoms with E-state index in [0.717, 1.165) is 16.5 Å². The number of rotatable bonds is 4. The van der Waals surface area contributed by atoms with Gasteiger partial charge in [-0.05, 0) is 30.3 Å². The molecule has 9 nitrogen and oxygen atoms in total. The van der Waals surface area contributed by atoms with E-state index in [1.54, 1.807) is 36.3 Å². The Bertz CT molecular complexity index is 1370. The van der Waals surface area contributed by atoms with E-state index in [1.807, 2.05) is 42.3 Å². The summed E-state index contributed by atoms with van der Waals surface area (Å²) in [7, 11) is 3.46. The van der Waals surface area contributed by atoms with Gasteiger partial charge in [-0.3, -0.25) is 4.40 Å². The van der Waals surface area contributed by atoms with Crippen molar-refractivity contribution in [2.24, 2.45) is 0 Å². The Kier molecular flexibility index (Phi) is 4.36. The molecule has 0 saturated carbocycles. The highest BCUT2D eigenvalue weighted by Gasteiger charge is 2.16. The Hall–Kier alpha value is -3.85. The quantitative estimate of drug-likeness (QED) is 0.437. The molecule has 0 aliphatic rings. The Balaban J connectivity index is 1.62. The number of fused-ring (bicyclic) bond motifs is 3. The lowest BCUT2D eigenvalue weighted by Crippen LogP contribution is -2.15. The number of ether oxygens (including phenoxy) is 1. The van der Waals surface area contributed by atoms with Gasteiger partial charge in [0.2, 0.25) is 5.88 Å². The Morgan fingerprint density at radius 2 is 1.97 bits per heavy atom. The van der Waals surface area contributed by atoms with E-state index in [4.69, 9.17) is 21.3 Å². The van der Waals surface area contributed by atoms with Crippen molar-refractivity contribution in [3.05, 3.63) is 60.1 Å². The highest BCUT2D eigenvalue weighted by Crippen LogP contribution is 2.31. The van der Waals surface area contributed by atoms with Crippen LogP contribution in [0.4, 0.5) is 11.6 Å². The van der Waals surface area contributed by atoms with Gasteiger partial charge in [-0.1, -0.05) is 11.6 Å². The fourth-order valence-corrected chi connectivity index (χ4v) is 3.36. The summed E-state index contributed by atoms with van der Waals surface area (Å²) < 4.78 is 6.91. The van der Waals surface area contributed by atoms with E-state index in [1.165, 1.54) is 0 Å². The van der Waals surface area contributed by atoms with Crippen LogP contribution < -0.4 is 9.64 Å². The summed E-state index contributed by atoms with van der Waals surface area (Å²) in [6.45, 7) is 0. The molecule has 0 N–H and O–H groups in total. The molecule has 0 spiro atoms. The normalized spacial score (nSPS) is 11.2. The van der Waals surface area contributed by atoms with Crippen LogP contribution in [0.3, 0.4) is 0 Å². The van der Waals surface area contributed by atoms with E-state index < -0.39 is 0 Å². The number of benzene rings is 1. The third-order valence-electron chi connectivity index (χ3n) is 4.70. The number of anilines is 2. The van der Waals surface area contributed by atoms with Gasteiger partial charge in [0.15, 0.2) is 5.82 Å². The molecule has 4 heterocycles. The van der Waals surface area contributed by atoms with Crippen LogP contribution >= 0.6 is 11.6 Å². The van der Waals surface area contributed by atoms with Gasteiger partial charge in [-0.25, -0.2) is 15.0 Å². The third-order valence-corrected chi connectivity index (χ3v) is 4.94. The summed E-state index contributed by atoms with van der Waals surface area (Å²) in [6.07, 6.45) is 4.99. The minimum atomic E-state index is 0.472. The van der Waals surface area contributed by atoms with Crippen molar-refractivity contribution in [2.75, 3.05) is 19.1 Å². The summed E-state index contributed by atoms with van der Waals surface area (Å²) in [4.78, 5) is 19.9. The molecule has 5 aromatic rings. The molecule has 0 saturated heterocycles. The van der Waals surface area contributed by atoms with E-state index in [-0.39, 0.29) is 0 Å². The second-order valence-electron chi connectivity index (χ2n) is 6.48. The molecular weight excluding hydrogens is 404 g/mol. The van der Waals surface area contributed by atoms with Crippen LogP contribution in [0.15, 0.2) is 55.1 Å². The fourth-order valence-electron chi connectivity index (χ4n) is 3.20. The highest BCUT2D eigenvalue weighted by atomic mass is 35.5. The molecule has 0 bridgehead atoms. The van der Waals surface area contributed by atoms with Crippen molar-refractivity contribution in [3.63, 3.8) is 0 Å². The lowest BCUT2D eigenvalue weighted by Gasteiger charge is -2.20. The maximum absolute atomic E-state index is 6.22. The average molecular weight is 419 g/mol. The number of hydrogen-bond acceptors (Lipinski definition) is 8. The van der Waals surface area contributed by atoms with Crippen LogP contribution in [0.5, 0.6) is 5.88 Å². The maximum Gasteiger partial charge on any atom is 0.257 e. The SMILES string of the molecule is COc1ccc(-c2nccc(N(C)c3nc4nncn4c4cc(Cl)ccc34)n2)cn1. The smallest absolute Gasteiger partial charge is 0.257 e. The molecule has 30 heavy (non-hydrogen) atoms. The van der Waals surface area contributed by atoms with Gasteiger partial charge in [0.25, 0.3) is 5.78 Å². The van der Waals surface area contributed by atoms with Crippen LogP contribution in [0.2, 0.25) is 5.02 Å². The summed E-state index contributed by atoms with van der Waals surface area (Å²) in [5.41, 5.74) is 1.64. The first kappa shape index (κ1) is 18.2. The molecule has 0 aliphatic heterocycles. The average Bonchev–Trinajstić information content (AvgIpc) is 3.27. The van der Waals surface area contributed by atoms with Gasteiger partial charge in [-0.2, -0.15) is 4.98 Å². The summed E-state index contributed by atoms with van der Waals surface area (Å²) in [6, 6.07) is 11.1.